The number of epoxide rings is 1. The molecule has 1 nitrogen and oxygen atoms in total. The van der Waals surface area contributed by atoms with Gasteiger partial charge in [-0.2, -0.15) is 9.90 Å². The van der Waals surface area contributed by atoms with Gasteiger partial charge in [0.25, 0.3) is 0 Å². The number of fused-ring (bicyclic) bond motifs is 5. The molecule has 1 heterocycles. The third-order valence-corrected chi connectivity index (χ3v) is 3.29. The summed E-state index contributed by atoms with van der Waals surface area (Å²) in [6.07, 6.45) is 5.04. The SMILES string of the molecule is C1=CC2OC2c2ccc3ccccc3c21.P. The van der Waals surface area contributed by atoms with Crippen molar-refractivity contribution in [2.24, 2.45) is 0 Å². The summed E-state index contributed by atoms with van der Waals surface area (Å²) in [7, 11) is 0. The zero-order valence-electron chi connectivity index (χ0n) is 8.89. The Balaban J connectivity index is 0.000000810. The molecule has 1 fully saturated rings. The van der Waals surface area contributed by atoms with Gasteiger partial charge < -0.3 is 4.74 Å². The highest BCUT2D eigenvalue weighted by Gasteiger charge is 2.41. The lowest BCUT2D eigenvalue weighted by atomic mass is 9.92. The minimum absolute atomic E-state index is 0. The van der Waals surface area contributed by atoms with Gasteiger partial charge >= 0.3 is 0 Å². The first-order chi connectivity index (χ1) is 7.43. The van der Waals surface area contributed by atoms with Crippen molar-refractivity contribution >= 4 is 26.7 Å². The summed E-state index contributed by atoms with van der Waals surface area (Å²) in [5, 5.41) is 2.64. The molecule has 3 atom stereocenters. The third kappa shape index (κ3) is 1.25. The van der Waals surface area contributed by atoms with E-state index >= 15 is 0 Å². The van der Waals surface area contributed by atoms with E-state index in [-0.39, 0.29) is 9.90 Å². The van der Waals surface area contributed by atoms with Crippen LogP contribution >= 0.6 is 9.90 Å². The largest absolute Gasteiger partial charge is 0.360 e. The maximum absolute atomic E-state index is 5.57. The van der Waals surface area contributed by atoms with Crippen LogP contribution in [0.3, 0.4) is 0 Å². The Hall–Kier alpha value is -1.17. The lowest BCUT2D eigenvalue weighted by Gasteiger charge is -2.10. The van der Waals surface area contributed by atoms with Crippen LogP contribution in [-0.4, -0.2) is 6.10 Å². The van der Waals surface area contributed by atoms with E-state index in [2.05, 4.69) is 48.6 Å². The molecule has 0 saturated carbocycles. The molecule has 2 aromatic carbocycles. The smallest absolute Gasteiger partial charge is 0.114 e. The van der Waals surface area contributed by atoms with Gasteiger partial charge in [-0.3, -0.25) is 0 Å². The Morgan fingerprint density at radius 1 is 1.00 bits per heavy atom. The van der Waals surface area contributed by atoms with E-state index in [1.165, 1.54) is 21.9 Å². The monoisotopic (exact) mass is 228 g/mol. The molecule has 1 aliphatic heterocycles. The van der Waals surface area contributed by atoms with E-state index in [1.54, 1.807) is 0 Å². The molecular formula is C14H13OP. The van der Waals surface area contributed by atoms with Crippen LogP contribution in [0.5, 0.6) is 0 Å². The summed E-state index contributed by atoms with van der Waals surface area (Å²) < 4.78 is 5.57. The Morgan fingerprint density at radius 2 is 1.88 bits per heavy atom. The molecule has 80 valence electrons. The van der Waals surface area contributed by atoms with Gasteiger partial charge in [-0.1, -0.05) is 48.6 Å². The fourth-order valence-electron chi connectivity index (χ4n) is 2.46. The third-order valence-electron chi connectivity index (χ3n) is 3.29. The zero-order chi connectivity index (χ0) is 9.83. The van der Waals surface area contributed by atoms with E-state index in [0.29, 0.717) is 12.2 Å². The number of ether oxygens (including phenoxy) is 1. The second-order valence-corrected chi connectivity index (χ2v) is 4.17. The molecule has 1 saturated heterocycles. The first kappa shape index (κ1) is 10.0. The Kier molecular flexibility index (Phi) is 2.14. The van der Waals surface area contributed by atoms with Crippen LogP contribution in [0.2, 0.25) is 0 Å². The number of benzene rings is 2. The van der Waals surface area contributed by atoms with Crippen LogP contribution in [0.4, 0.5) is 0 Å². The molecule has 16 heavy (non-hydrogen) atoms. The summed E-state index contributed by atoms with van der Waals surface area (Å²) >= 11 is 0. The van der Waals surface area contributed by atoms with Crippen molar-refractivity contribution in [3.05, 3.63) is 53.6 Å². The summed E-state index contributed by atoms with van der Waals surface area (Å²) in [5.74, 6) is 0. The average Bonchev–Trinajstić information content (AvgIpc) is 3.07. The zero-order valence-corrected chi connectivity index (χ0v) is 10.3. The average molecular weight is 228 g/mol. The molecule has 2 heteroatoms. The first-order valence-electron chi connectivity index (χ1n) is 5.29. The molecule has 0 N–H and O–H groups in total. The maximum atomic E-state index is 5.57. The van der Waals surface area contributed by atoms with Crippen molar-refractivity contribution in [2.75, 3.05) is 0 Å². The fraction of sp³-hybridized carbons (Fsp3) is 0.143. The molecule has 4 rings (SSSR count). The number of rotatable bonds is 0. The summed E-state index contributed by atoms with van der Waals surface area (Å²) in [4.78, 5) is 0. The molecule has 0 aromatic heterocycles. The first-order valence-corrected chi connectivity index (χ1v) is 5.29. The van der Waals surface area contributed by atoms with Crippen LogP contribution in [0.15, 0.2) is 42.5 Å². The highest BCUT2D eigenvalue weighted by molar-refractivity contribution is 6.92. The summed E-state index contributed by atoms with van der Waals surface area (Å²) in [6.45, 7) is 0. The molecule has 0 bridgehead atoms. The van der Waals surface area contributed by atoms with E-state index in [9.17, 15) is 0 Å². The van der Waals surface area contributed by atoms with Gasteiger partial charge in [0, 0.05) is 0 Å². The van der Waals surface area contributed by atoms with Gasteiger partial charge in [0.1, 0.15) is 12.2 Å². The number of hydrogen-bond acceptors (Lipinski definition) is 1. The predicted octanol–water partition coefficient (Wildman–Crippen LogP) is 3.36. The Morgan fingerprint density at radius 3 is 2.81 bits per heavy atom. The molecule has 3 unspecified atom stereocenters. The number of hydrogen-bond donors (Lipinski definition) is 0. The van der Waals surface area contributed by atoms with Crippen molar-refractivity contribution < 1.29 is 4.74 Å². The van der Waals surface area contributed by atoms with Gasteiger partial charge in [-0.05, 0) is 21.9 Å². The quantitative estimate of drug-likeness (QED) is 0.497. The lowest BCUT2D eigenvalue weighted by molar-refractivity contribution is 0.395. The van der Waals surface area contributed by atoms with Crippen molar-refractivity contribution in [3.8, 4) is 0 Å². The van der Waals surface area contributed by atoms with E-state index < -0.39 is 0 Å². The second kappa shape index (κ2) is 3.41. The summed E-state index contributed by atoms with van der Waals surface area (Å²) in [5.41, 5.74) is 2.69. The van der Waals surface area contributed by atoms with Crippen LogP contribution in [0, 0.1) is 0 Å². The Labute approximate surface area is 97.7 Å². The standard InChI is InChI=1S/C14H10O.H3P/c1-2-4-10-9(3-1)5-6-12-11(10)7-8-13-14(12)15-13;/h1-8,13-14H;1H3. The van der Waals surface area contributed by atoms with Crippen molar-refractivity contribution in [3.63, 3.8) is 0 Å². The topological polar surface area (TPSA) is 12.5 Å². The van der Waals surface area contributed by atoms with Crippen molar-refractivity contribution in [1.82, 2.24) is 0 Å². The molecular weight excluding hydrogens is 215 g/mol. The molecule has 1 aliphatic carbocycles. The summed E-state index contributed by atoms with van der Waals surface area (Å²) in [6, 6.07) is 12.9. The molecule has 0 amide bonds. The lowest BCUT2D eigenvalue weighted by Crippen LogP contribution is -1.95. The van der Waals surface area contributed by atoms with Crippen LogP contribution in [0.1, 0.15) is 17.2 Å². The minimum Gasteiger partial charge on any atom is -0.360 e. The highest BCUT2D eigenvalue weighted by atomic mass is 31.0. The molecule has 2 aliphatic rings. The van der Waals surface area contributed by atoms with Gasteiger partial charge in [-0.25, -0.2) is 0 Å². The van der Waals surface area contributed by atoms with Crippen LogP contribution in [0.25, 0.3) is 16.8 Å². The molecule has 2 aromatic rings. The minimum atomic E-state index is 0. The maximum Gasteiger partial charge on any atom is 0.114 e. The van der Waals surface area contributed by atoms with E-state index in [4.69, 9.17) is 4.74 Å². The highest BCUT2D eigenvalue weighted by Crippen LogP contribution is 2.46. The second-order valence-electron chi connectivity index (χ2n) is 4.17. The molecule has 0 spiro atoms. The van der Waals surface area contributed by atoms with Gasteiger partial charge in [0.2, 0.25) is 0 Å². The van der Waals surface area contributed by atoms with Gasteiger partial charge in [-0.15, -0.1) is 0 Å². The van der Waals surface area contributed by atoms with E-state index in [0.717, 1.165) is 0 Å². The fourth-order valence-corrected chi connectivity index (χ4v) is 2.46. The van der Waals surface area contributed by atoms with Crippen LogP contribution in [-0.2, 0) is 4.74 Å². The Bertz CT molecular complexity index is 588. The van der Waals surface area contributed by atoms with Crippen LogP contribution < -0.4 is 0 Å². The van der Waals surface area contributed by atoms with Crippen molar-refractivity contribution in [1.29, 1.82) is 0 Å². The van der Waals surface area contributed by atoms with Gasteiger partial charge in [0.15, 0.2) is 0 Å². The predicted molar refractivity (Wildman–Crippen MR) is 71.7 cm³/mol. The van der Waals surface area contributed by atoms with Crippen molar-refractivity contribution in [2.45, 2.75) is 12.2 Å². The normalized spacial score (nSPS) is 24.5. The van der Waals surface area contributed by atoms with Gasteiger partial charge in [0.05, 0.1) is 0 Å². The van der Waals surface area contributed by atoms with E-state index in [1.807, 2.05) is 0 Å². The molecule has 0 radical (unpaired) electrons.